The Balaban J connectivity index is 1.68. The van der Waals surface area contributed by atoms with E-state index in [4.69, 9.17) is 4.74 Å². The van der Waals surface area contributed by atoms with Crippen molar-refractivity contribution in [3.63, 3.8) is 0 Å². The summed E-state index contributed by atoms with van der Waals surface area (Å²) in [5.41, 5.74) is 3.41. The van der Waals surface area contributed by atoms with Crippen molar-refractivity contribution >= 4 is 23.6 Å². The fraction of sp³-hybridized carbons (Fsp3) is 0.481. The molecule has 0 spiro atoms. The van der Waals surface area contributed by atoms with Gasteiger partial charge in [0.15, 0.2) is 0 Å². The van der Waals surface area contributed by atoms with Gasteiger partial charge in [0.05, 0.1) is 12.9 Å². The molecule has 1 fully saturated rings. The summed E-state index contributed by atoms with van der Waals surface area (Å²) in [5, 5.41) is 3.19. The van der Waals surface area contributed by atoms with Crippen molar-refractivity contribution in [3.8, 4) is 5.75 Å². The molecule has 33 heavy (non-hydrogen) atoms. The molecule has 1 atom stereocenters. The highest BCUT2D eigenvalue weighted by atomic mass is 32.2. The zero-order valence-corrected chi connectivity index (χ0v) is 20.8. The van der Waals surface area contributed by atoms with Gasteiger partial charge in [0, 0.05) is 18.3 Å². The Bertz CT molecular complexity index is 927. The van der Waals surface area contributed by atoms with Crippen LogP contribution in [-0.2, 0) is 21.9 Å². The normalized spacial score (nSPS) is 15.0. The lowest BCUT2D eigenvalue weighted by Gasteiger charge is -2.31. The van der Waals surface area contributed by atoms with Crippen LogP contribution in [-0.4, -0.2) is 41.7 Å². The van der Waals surface area contributed by atoms with E-state index in [2.05, 4.69) is 24.4 Å². The number of aryl methyl sites for hydroxylation is 1. The highest BCUT2D eigenvalue weighted by Gasteiger charge is 2.28. The Morgan fingerprint density at radius 3 is 2.61 bits per heavy atom. The number of thioether (sulfide) groups is 1. The summed E-state index contributed by atoms with van der Waals surface area (Å²) < 4.78 is 5.34. The number of ether oxygens (including phenoxy) is 1. The third kappa shape index (κ3) is 7.53. The van der Waals surface area contributed by atoms with E-state index in [1.165, 1.54) is 17.5 Å². The molecule has 0 aliphatic heterocycles. The van der Waals surface area contributed by atoms with Gasteiger partial charge in [-0.05, 0) is 55.5 Å². The van der Waals surface area contributed by atoms with Gasteiger partial charge in [0.2, 0.25) is 11.8 Å². The van der Waals surface area contributed by atoms with Gasteiger partial charge in [-0.3, -0.25) is 9.59 Å². The Morgan fingerprint density at radius 1 is 1.12 bits per heavy atom. The third-order valence-electron chi connectivity index (χ3n) is 6.35. The first-order valence-electron chi connectivity index (χ1n) is 11.8. The molecule has 0 aromatic heterocycles. The van der Waals surface area contributed by atoms with Crippen molar-refractivity contribution in [1.82, 2.24) is 10.2 Å². The van der Waals surface area contributed by atoms with Crippen LogP contribution in [0.4, 0.5) is 0 Å². The van der Waals surface area contributed by atoms with Crippen molar-refractivity contribution in [3.05, 3.63) is 65.2 Å². The largest absolute Gasteiger partial charge is 0.497 e. The Morgan fingerprint density at radius 2 is 1.88 bits per heavy atom. The molecule has 178 valence electrons. The maximum atomic E-state index is 13.3. The van der Waals surface area contributed by atoms with E-state index in [1.54, 1.807) is 23.8 Å². The quantitative estimate of drug-likeness (QED) is 0.527. The smallest absolute Gasteiger partial charge is 0.242 e. The van der Waals surface area contributed by atoms with E-state index in [-0.39, 0.29) is 17.9 Å². The van der Waals surface area contributed by atoms with Gasteiger partial charge in [-0.1, -0.05) is 55.7 Å². The van der Waals surface area contributed by atoms with Crippen LogP contribution >= 0.6 is 11.8 Å². The van der Waals surface area contributed by atoms with Crippen LogP contribution in [0.15, 0.2) is 48.5 Å². The number of amides is 2. The lowest BCUT2D eigenvalue weighted by molar-refractivity contribution is -0.139. The number of carbonyl (C=O) groups is 2. The molecule has 0 saturated heterocycles. The second-order valence-corrected chi connectivity index (χ2v) is 9.80. The predicted octanol–water partition coefficient (Wildman–Crippen LogP) is 5.10. The predicted molar refractivity (Wildman–Crippen MR) is 135 cm³/mol. The second-order valence-electron chi connectivity index (χ2n) is 8.81. The highest BCUT2D eigenvalue weighted by Crippen LogP contribution is 2.21. The third-order valence-corrected chi connectivity index (χ3v) is 7.32. The van der Waals surface area contributed by atoms with Crippen LogP contribution in [0, 0.1) is 6.92 Å². The molecule has 1 aliphatic carbocycles. The van der Waals surface area contributed by atoms with Crippen molar-refractivity contribution in [1.29, 1.82) is 0 Å². The fourth-order valence-electron chi connectivity index (χ4n) is 4.22. The standard InChI is InChI=1S/C27H36N2O3S/c1-20-10-7-8-12-23(20)18-33-19-26(30)29(17-22-11-9-15-25(16-22)32-3)21(2)27(31)28-24-13-5-4-6-14-24/h7-12,15-16,21,24H,4-6,13-14,17-19H2,1-3H3,(H,28,31)/t21-/m1/s1. The first-order valence-corrected chi connectivity index (χ1v) is 13.0. The van der Waals surface area contributed by atoms with Crippen molar-refractivity contribution in [2.45, 2.75) is 70.3 Å². The summed E-state index contributed by atoms with van der Waals surface area (Å²) >= 11 is 1.59. The number of nitrogens with zero attached hydrogens (tertiary/aromatic N) is 1. The van der Waals surface area contributed by atoms with Gasteiger partial charge in [0.1, 0.15) is 11.8 Å². The summed E-state index contributed by atoms with van der Waals surface area (Å²) in [6, 6.07) is 15.6. The topological polar surface area (TPSA) is 58.6 Å². The van der Waals surface area contributed by atoms with Gasteiger partial charge >= 0.3 is 0 Å². The zero-order valence-electron chi connectivity index (χ0n) is 20.0. The summed E-state index contributed by atoms with van der Waals surface area (Å²) in [6.07, 6.45) is 5.59. The fourth-order valence-corrected chi connectivity index (χ4v) is 5.21. The number of carbonyl (C=O) groups excluding carboxylic acids is 2. The van der Waals surface area contributed by atoms with Crippen LogP contribution in [0.25, 0.3) is 0 Å². The number of hydrogen-bond acceptors (Lipinski definition) is 4. The molecule has 2 aromatic carbocycles. The number of benzene rings is 2. The van der Waals surface area contributed by atoms with E-state index in [9.17, 15) is 9.59 Å². The minimum atomic E-state index is -0.537. The van der Waals surface area contributed by atoms with Crippen LogP contribution in [0.5, 0.6) is 5.75 Å². The minimum Gasteiger partial charge on any atom is -0.497 e. The molecule has 3 rings (SSSR count). The SMILES string of the molecule is COc1cccc(CN(C(=O)CSCc2ccccc2C)[C@H](C)C(=O)NC2CCCCC2)c1. The minimum absolute atomic E-state index is 0.0253. The van der Waals surface area contributed by atoms with E-state index < -0.39 is 6.04 Å². The molecule has 0 unspecified atom stereocenters. The maximum Gasteiger partial charge on any atom is 0.242 e. The van der Waals surface area contributed by atoms with Gasteiger partial charge in [0.25, 0.3) is 0 Å². The van der Waals surface area contributed by atoms with E-state index in [0.29, 0.717) is 12.3 Å². The van der Waals surface area contributed by atoms with Gasteiger partial charge in [-0.2, -0.15) is 0 Å². The number of hydrogen-bond donors (Lipinski definition) is 1. The summed E-state index contributed by atoms with van der Waals surface area (Å²) in [6.45, 7) is 4.30. The molecule has 2 aromatic rings. The molecule has 2 amide bonds. The van der Waals surface area contributed by atoms with Crippen molar-refractivity contribution < 1.29 is 14.3 Å². The highest BCUT2D eigenvalue weighted by molar-refractivity contribution is 7.99. The lowest BCUT2D eigenvalue weighted by Crippen LogP contribution is -2.50. The van der Waals surface area contributed by atoms with Crippen molar-refractivity contribution in [2.24, 2.45) is 0 Å². The first-order chi connectivity index (χ1) is 16.0. The second kappa shape index (κ2) is 12.7. The molecule has 6 heteroatoms. The Kier molecular flexibility index (Phi) is 9.67. The molecule has 0 bridgehead atoms. The molecule has 0 heterocycles. The molecular weight excluding hydrogens is 432 g/mol. The average molecular weight is 469 g/mol. The lowest BCUT2D eigenvalue weighted by atomic mass is 9.95. The number of rotatable bonds is 10. The van der Waals surface area contributed by atoms with E-state index >= 15 is 0 Å². The number of methoxy groups -OCH3 is 1. The molecular formula is C27H36N2O3S. The van der Waals surface area contributed by atoms with Crippen LogP contribution in [0.2, 0.25) is 0 Å². The van der Waals surface area contributed by atoms with Gasteiger partial charge < -0.3 is 15.0 Å². The monoisotopic (exact) mass is 468 g/mol. The maximum absolute atomic E-state index is 13.3. The van der Waals surface area contributed by atoms with Crippen LogP contribution in [0.1, 0.15) is 55.7 Å². The van der Waals surface area contributed by atoms with Crippen LogP contribution < -0.4 is 10.1 Å². The molecule has 1 saturated carbocycles. The summed E-state index contributed by atoms with van der Waals surface area (Å²) in [7, 11) is 1.63. The van der Waals surface area contributed by atoms with E-state index in [1.807, 2.05) is 43.3 Å². The van der Waals surface area contributed by atoms with Crippen molar-refractivity contribution in [2.75, 3.05) is 12.9 Å². The molecule has 1 aliphatic rings. The average Bonchev–Trinajstić information content (AvgIpc) is 2.84. The molecule has 5 nitrogen and oxygen atoms in total. The summed E-state index contributed by atoms with van der Waals surface area (Å²) in [5.74, 6) is 1.76. The zero-order chi connectivity index (χ0) is 23.6. The van der Waals surface area contributed by atoms with E-state index in [0.717, 1.165) is 42.7 Å². The first kappa shape index (κ1) is 25.2. The molecule has 0 radical (unpaired) electrons. The van der Waals surface area contributed by atoms with Gasteiger partial charge in [-0.15, -0.1) is 11.8 Å². The Labute approximate surface area is 202 Å². The summed E-state index contributed by atoms with van der Waals surface area (Å²) in [4.78, 5) is 28.1. The Hall–Kier alpha value is -2.47. The number of nitrogens with one attached hydrogen (secondary N) is 1. The molecule has 1 N–H and O–H groups in total. The van der Waals surface area contributed by atoms with Crippen LogP contribution in [0.3, 0.4) is 0 Å². The van der Waals surface area contributed by atoms with Gasteiger partial charge in [-0.25, -0.2) is 0 Å².